The SMILES string of the molecule is CC([O])c1c(I)cc(I)cc1I. The van der Waals surface area contributed by atoms with Crippen molar-refractivity contribution in [1.29, 1.82) is 0 Å². The van der Waals surface area contributed by atoms with Gasteiger partial charge >= 0.3 is 0 Å². The van der Waals surface area contributed by atoms with Crippen LogP contribution in [0, 0.1) is 10.7 Å². The number of hydrogen-bond acceptors (Lipinski definition) is 0. The summed E-state index contributed by atoms with van der Waals surface area (Å²) in [4.78, 5) is 0. The largest absolute Gasteiger partial charge is 0.228 e. The van der Waals surface area contributed by atoms with Gasteiger partial charge in [0.1, 0.15) is 6.10 Å². The van der Waals surface area contributed by atoms with Crippen LogP contribution in [0.4, 0.5) is 0 Å². The fourth-order valence-electron chi connectivity index (χ4n) is 0.942. The molecular weight excluding hydrogens is 493 g/mol. The van der Waals surface area contributed by atoms with Gasteiger partial charge in [-0.2, -0.15) is 0 Å². The average molecular weight is 499 g/mol. The average Bonchev–Trinajstić information content (AvgIpc) is 1.82. The van der Waals surface area contributed by atoms with Crippen molar-refractivity contribution in [2.45, 2.75) is 13.0 Å². The van der Waals surface area contributed by atoms with Crippen LogP contribution in [0.2, 0.25) is 0 Å². The Bertz CT molecular complexity index is 273. The van der Waals surface area contributed by atoms with Gasteiger partial charge in [0.25, 0.3) is 0 Å². The first-order valence-corrected chi connectivity index (χ1v) is 6.56. The molecular formula is C8H6I3O. The second kappa shape index (κ2) is 4.74. The highest BCUT2D eigenvalue weighted by Crippen LogP contribution is 2.27. The third-order valence-electron chi connectivity index (χ3n) is 1.45. The van der Waals surface area contributed by atoms with Crippen molar-refractivity contribution in [2.75, 3.05) is 0 Å². The van der Waals surface area contributed by atoms with Crippen LogP contribution in [0.1, 0.15) is 18.6 Å². The van der Waals surface area contributed by atoms with E-state index >= 15 is 0 Å². The van der Waals surface area contributed by atoms with Crippen LogP contribution in [-0.4, -0.2) is 0 Å². The Morgan fingerprint density at radius 3 is 1.92 bits per heavy atom. The van der Waals surface area contributed by atoms with E-state index in [2.05, 4.69) is 67.8 Å². The summed E-state index contributed by atoms with van der Waals surface area (Å²) < 4.78 is 3.34. The minimum atomic E-state index is -0.624. The minimum absolute atomic E-state index is 0.624. The van der Waals surface area contributed by atoms with E-state index in [1.54, 1.807) is 6.92 Å². The van der Waals surface area contributed by atoms with Crippen molar-refractivity contribution in [2.24, 2.45) is 0 Å². The molecule has 0 amide bonds. The molecule has 1 atom stereocenters. The molecule has 0 heterocycles. The molecule has 0 aromatic heterocycles. The highest BCUT2D eigenvalue weighted by molar-refractivity contribution is 14.1. The minimum Gasteiger partial charge on any atom is -0.228 e. The van der Waals surface area contributed by atoms with Crippen LogP contribution in [0.25, 0.3) is 0 Å². The standard InChI is InChI=1S/C8H6I3O/c1-4(12)8-6(10)2-5(9)3-7(8)11/h2-4H,1H3. The van der Waals surface area contributed by atoms with Gasteiger partial charge in [0.05, 0.1) is 0 Å². The third-order valence-corrected chi connectivity index (χ3v) is 3.86. The summed E-state index contributed by atoms with van der Waals surface area (Å²) in [5.74, 6) is 0. The molecule has 65 valence electrons. The lowest BCUT2D eigenvalue weighted by molar-refractivity contribution is 0.105. The lowest BCUT2D eigenvalue weighted by Gasteiger charge is -2.08. The zero-order valence-electron chi connectivity index (χ0n) is 6.27. The lowest BCUT2D eigenvalue weighted by Crippen LogP contribution is -1.97. The first-order chi connectivity index (χ1) is 5.52. The Hall–Kier alpha value is 1.37. The van der Waals surface area contributed by atoms with E-state index in [0.29, 0.717) is 0 Å². The molecule has 0 aliphatic heterocycles. The molecule has 12 heavy (non-hydrogen) atoms. The smallest absolute Gasteiger partial charge is 0.117 e. The van der Waals surface area contributed by atoms with Crippen LogP contribution in [0.3, 0.4) is 0 Å². The van der Waals surface area contributed by atoms with Gasteiger partial charge in [0, 0.05) is 16.3 Å². The molecule has 0 aliphatic rings. The van der Waals surface area contributed by atoms with Crippen molar-refractivity contribution < 1.29 is 5.11 Å². The highest BCUT2D eigenvalue weighted by atomic mass is 127. The van der Waals surface area contributed by atoms with E-state index in [1.807, 2.05) is 12.1 Å². The van der Waals surface area contributed by atoms with Crippen molar-refractivity contribution in [3.63, 3.8) is 0 Å². The summed E-state index contributed by atoms with van der Waals surface area (Å²) in [5, 5.41) is 11.3. The maximum atomic E-state index is 11.3. The van der Waals surface area contributed by atoms with Crippen molar-refractivity contribution in [3.05, 3.63) is 28.4 Å². The van der Waals surface area contributed by atoms with Crippen molar-refractivity contribution in [1.82, 2.24) is 0 Å². The predicted octanol–water partition coefficient (Wildman–Crippen LogP) is 3.99. The van der Waals surface area contributed by atoms with Gasteiger partial charge in [-0.3, -0.25) is 0 Å². The number of halogens is 3. The summed E-state index contributed by atoms with van der Waals surface area (Å²) in [6.07, 6.45) is -0.624. The van der Waals surface area contributed by atoms with E-state index in [-0.39, 0.29) is 0 Å². The van der Waals surface area contributed by atoms with E-state index in [0.717, 1.165) is 12.7 Å². The van der Waals surface area contributed by atoms with Gasteiger partial charge in [0.15, 0.2) is 0 Å². The van der Waals surface area contributed by atoms with Gasteiger partial charge < -0.3 is 0 Å². The molecule has 0 aliphatic carbocycles. The van der Waals surface area contributed by atoms with Crippen LogP contribution < -0.4 is 0 Å². The first-order valence-electron chi connectivity index (χ1n) is 3.32. The molecule has 0 bridgehead atoms. The second-order valence-corrected chi connectivity index (χ2v) is 6.00. The van der Waals surface area contributed by atoms with Gasteiger partial charge in [0.2, 0.25) is 0 Å². The molecule has 4 heteroatoms. The van der Waals surface area contributed by atoms with E-state index in [9.17, 15) is 5.11 Å². The van der Waals surface area contributed by atoms with Crippen molar-refractivity contribution >= 4 is 67.8 Å². The number of hydrogen-bond donors (Lipinski definition) is 0. The normalized spacial score (nSPS) is 13.1. The molecule has 1 aromatic rings. The summed E-state index contributed by atoms with van der Waals surface area (Å²) >= 11 is 6.69. The Morgan fingerprint density at radius 1 is 1.17 bits per heavy atom. The molecule has 1 radical (unpaired) electrons. The molecule has 0 fully saturated rings. The van der Waals surface area contributed by atoms with Crippen LogP contribution in [0.5, 0.6) is 0 Å². The monoisotopic (exact) mass is 499 g/mol. The molecule has 0 saturated heterocycles. The zero-order valence-corrected chi connectivity index (χ0v) is 12.7. The molecule has 0 N–H and O–H groups in total. The number of benzene rings is 1. The Kier molecular flexibility index (Phi) is 4.52. The molecule has 0 saturated carbocycles. The summed E-state index contributed by atoms with van der Waals surface area (Å²) in [5.41, 5.74) is 0.927. The Labute approximate surface area is 113 Å². The molecule has 1 unspecified atom stereocenters. The summed E-state index contributed by atoms with van der Waals surface area (Å²) in [6, 6.07) is 4.07. The van der Waals surface area contributed by atoms with Gasteiger partial charge in [-0.15, -0.1) is 0 Å². The maximum absolute atomic E-state index is 11.3. The van der Waals surface area contributed by atoms with Crippen LogP contribution in [0.15, 0.2) is 12.1 Å². The van der Waals surface area contributed by atoms with Gasteiger partial charge in [-0.05, 0) is 86.8 Å². The highest BCUT2D eigenvalue weighted by Gasteiger charge is 2.12. The first kappa shape index (κ1) is 11.4. The van der Waals surface area contributed by atoms with E-state index < -0.39 is 6.10 Å². The fraction of sp³-hybridized carbons (Fsp3) is 0.250. The molecule has 0 spiro atoms. The van der Waals surface area contributed by atoms with E-state index in [4.69, 9.17) is 0 Å². The number of rotatable bonds is 1. The second-order valence-electron chi connectivity index (χ2n) is 2.43. The third kappa shape index (κ3) is 2.68. The van der Waals surface area contributed by atoms with Crippen LogP contribution >= 0.6 is 67.8 Å². The maximum Gasteiger partial charge on any atom is 0.117 e. The summed E-state index contributed by atoms with van der Waals surface area (Å²) in [7, 11) is 0. The topological polar surface area (TPSA) is 19.9 Å². The Morgan fingerprint density at radius 2 is 1.58 bits per heavy atom. The van der Waals surface area contributed by atoms with Gasteiger partial charge in [-0.25, -0.2) is 5.11 Å². The van der Waals surface area contributed by atoms with Crippen LogP contribution in [-0.2, 0) is 5.11 Å². The molecule has 1 aromatic carbocycles. The lowest BCUT2D eigenvalue weighted by atomic mass is 10.1. The van der Waals surface area contributed by atoms with Gasteiger partial charge in [-0.1, -0.05) is 0 Å². The predicted molar refractivity (Wildman–Crippen MR) is 73.7 cm³/mol. The summed E-state index contributed by atoms with van der Waals surface area (Å²) in [6.45, 7) is 1.69. The van der Waals surface area contributed by atoms with E-state index in [1.165, 1.54) is 3.57 Å². The molecule has 1 rings (SSSR count). The van der Waals surface area contributed by atoms with Crippen molar-refractivity contribution in [3.8, 4) is 0 Å². The Balaban J connectivity index is 3.28. The quantitative estimate of drug-likeness (QED) is 0.522. The fourth-order valence-corrected chi connectivity index (χ4v) is 5.40. The molecule has 1 nitrogen and oxygen atoms in total. The zero-order chi connectivity index (χ0) is 9.30.